The predicted molar refractivity (Wildman–Crippen MR) is 54.2 cm³/mol. The van der Waals surface area contributed by atoms with Crippen molar-refractivity contribution in [2.24, 2.45) is 0 Å². The fraction of sp³-hybridized carbons (Fsp3) is 0.429. The Morgan fingerprint density at radius 1 is 1.50 bits per heavy atom. The first-order valence-corrected chi connectivity index (χ1v) is 5.30. The van der Waals surface area contributed by atoms with Gasteiger partial charge >= 0.3 is 0 Å². The Morgan fingerprint density at radius 2 is 2.36 bits per heavy atom. The minimum atomic E-state index is 0.412. The average molecular weight is 230 g/mol. The van der Waals surface area contributed by atoms with Crippen LogP contribution in [-0.4, -0.2) is 23.7 Å². The Morgan fingerprint density at radius 3 is 3.00 bits per heavy atom. The van der Waals surface area contributed by atoms with Gasteiger partial charge < -0.3 is 0 Å². The van der Waals surface area contributed by atoms with Crippen molar-refractivity contribution in [2.75, 3.05) is 0 Å². The summed E-state index contributed by atoms with van der Waals surface area (Å²) in [4.78, 5) is 0. The number of rotatable bonds is 3. The fourth-order valence-electron chi connectivity index (χ4n) is 1.15. The van der Waals surface area contributed by atoms with Crippen LogP contribution in [0.1, 0.15) is 13.3 Å². The van der Waals surface area contributed by atoms with Gasteiger partial charge in [-0.25, -0.2) is 4.68 Å². The van der Waals surface area contributed by atoms with Crippen molar-refractivity contribution in [1.82, 2.24) is 23.7 Å². The molecule has 0 aliphatic carbocycles. The van der Waals surface area contributed by atoms with Gasteiger partial charge in [-0.2, -0.15) is 8.75 Å². The zero-order chi connectivity index (χ0) is 9.97. The molecular weight excluding hydrogens is 222 g/mol. The zero-order valence-electron chi connectivity index (χ0n) is 7.51. The van der Waals surface area contributed by atoms with Gasteiger partial charge in [0.1, 0.15) is 11.4 Å². The van der Waals surface area contributed by atoms with Gasteiger partial charge in [-0.15, -0.1) is 5.10 Å². The van der Waals surface area contributed by atoms with E-state index in [1.165, 1.54) is 0 Å². The molecule has 0 aromatic carbocycles. The van der Waals surface area contributed by atoms with E-state index >= 15 is 0 Å². The molecule has 5 nitrogen and oxygen atoms in total. The summed E-state index contributed by atoms with van der Waals surface area (Å²) in [5.41, 5.74) is 1.49. The fourth-order valence-corrected chi connectivity index (χ4v) is 1.89. The van der Waals surface area contributed by atoms with Crippen LogP contribution in [0.25, 0.3) is 11.4 Å². The first kappa shape index (κ1) is 9.54. The summed E-state index contributed by atoms with van der Waals surface area (Å²) in [7, 11) is 0. The Kier molecular flexibility index (Phi) is 2.74. The quantitative estimate of drug-likeness (QED) is 0.806. The first-order valence-electron chi connectivity index (χ1n) is 4.20. The van der Waals surface area contributed by atoms with Crippen LogP contribution in [0.5, 0.6) is 0 Å². The summed E-state index contributed by atoms with van der Waals surface area (Å²) in [5.74, 6) is 0. The van der Waals surface area contributed by atoms with Crippen LogP contribution in [0.3, 0.4) is 0 Å². The number of halogens is 1. The third-order valence-electron chi connectivity index (χ3n) is 1.74. The van der Waals surface area contributed by atoms with Gasteiger partial charge in [0, 0.05) is 6.54 Å². The summed E-state index contributed by atoms with van der Waals surface area (Å²) in [5, 5.41) is 8.19. The Hall–Kier alpha value is -1.01. The van der Waals surface area contributed by atoms with E-state index in [4.69, 9.17) is 11.6 Å². The molecule has 2 aromatic heterocycles. The van der Waals surface area contributed by atoms with Crippen molar-refractivity contribution in [3.8, 4) is 11.4 Å². The molecule has 2 heterocycles. The summed E-state index contributed by atoms with van der Waals surface area (Å²) >= 11 is 6.96. The molecule has 0 aliphatic heterocycles. The number of hydrogen-bond donors (Lipinski definition) is 0. The molecule has 0 fully saturated rings. The molecule has 0 amide bonds. The lowest BCUT2D eigenvalue weighted by molar-refractivity contribution is 0.583. The van der Waals surface area contributed by atoms with E-state index in [-0.39, 0.29) is 0 Å². The van der Waals surface area contributed by atoms with Crippen molar-refractivity contribution in [1.29, 1.82) is 0 Å². The highest BCUT2D eigenvalue weighted by molar-refractivity contribution is 6.99. The van der Waals surface area contributed by atoms with E-state index in [1.807, 2.05) is 0 Å². The highest BCUT2D eigenvalue weighted by atomic mass is 35.5. The molecule has 0 spiro atoms. The number of nitrogens with zero attached hydrogens (tertiary/aromatic N) is 5. The number of hydrogen-bond acceptors (Lipinski definition) is 5. The lowest BCUT2D eigenvalue weighted by Gasteiger charge is -2.00. The highest BCUT2D eigenvalue weighted by Gasteiger charge is 2.13. The average Bonchev–Trinajstić information content (AvgIpc) is 2.74. The van der Waals surface area contributed by atoms with Gasteiger partial charge in [-0.1, -0.05) is 23.7 Å². The molecule has 0 saturated heterocycles. The van der Waals surface area contributed by atoms with Gasteiger partial charge in [0.05, 0.1) is 17.9 Å². The molecule has 2 aromatic rings. The molecule has 0 atom stereocenters. The monoisotopic (exact) mass is 229 g/mol. The van der Waals surface area contributed by atoms with Crippen LogP contribution in [0, 0.1) is 0 Å². The lowest BCUT2D eigenvalue weighted by atomic mass is 10.3. The summed E-state index contributed by atoms with van der Waals surface area (Å²) in [6.07, 6.45) is 2.64. The van der Waals surface area contributed by atoms with Crippen molar-refractivity contribution in [3.05, 3.63) is 11.3 Å². The molecule has 2 rings (SSSR count). The molecule has 14 heavy (non-hydrogen) atoms. The van der Waals surface area contributed by atoms with Crippen LogP contribution in [0.2, 0.25) is 5.15 Å². The van der Waals surface area contributed by atoms with E-state index in [0.717, 1.165) is 30.4 Å². The Balaban J connectivity index is 2.41. The molecule has 0 aliphatic rings. The maximum Gasteiger partial charge on any atom is 0.172 e. The maximum atomic E-state index is 5.87. The van der Waals surface area contributed by atoms with Gasteiger partial charge in [-0.05, 0) is 6.42 Å². The van der Waals surface area contributed by atoms with Gasteiger partial charge in [0.25, 0.3) is 0 Å². The van der Waals surface area contributed by atoms with Crippen LogP contribution in [0.4, 0.5) is 0 Å². The van der Waals surface area contributed by atoms with Gasteiger partial charge in [0.2, 0.25) is 0 Å². The molecule has 0 saturated carbocycles. The largest absolute Gasteiger partial charge is 0.243 e. The third kappa shape index (κ3) is 1.62. The van der Waals surface area contributed by atoms with Crippen molar-refractivity contribution in [2.45, 2.75) is 19.9 Å². The first-order chi connectivity index (χ1) is 6.83. The van der Waals surface area contributed by atoms with Crippen LogP contribution in [0.15, 0.2) is 6.20 Å². The standard InChI is InChI=1S/C7H8ClN5S/c1-2-3-13-5(4-9-12-13)6-7(8)11-14-10-6/h4H,2-3H2,1H3. The number of aryl methyl sites for hydroxylation is 1. The molecule has 74 valence electrons. The smallest absolute Gasteiger partial charge is 0.172 e. The van der Waals surface area contributed by atoms with Crippen LogP contribution in [-0.2, 0) is 6.54 Å². The van der Waals surface area contributed by atoms with E-state index in [2.05, 4.69) is 26.0 Å². The van der Waals surface area contributed by atoms with Gasteiger partial charge in [-0.3, -0.25) is 0 Å². The minimum Gasteiger partial charge on any atom is -0.243 e. The van der Waals surface area contributed by atoms with E-state index in [9.17, 15) is 0 Å². The Labute approximate surface area is 90.0 Å². The van der Waals surface area contributed by atoms with E-state index in [1.54, 1.807) is 10.9 Å². The second kappa shape index (κ2) is 4.02. The van der Waals surface area contributed by atoms with E-state index in [0.29, 0.717) is 10.8 Å². The number of aromatic nitrogens is 5. The highest BCUT2D eigenvalue weighted by Crippen LogP contribution is 2.24. The van der Waals surface area contributed by atoms with E-state index < -0.39 is 0 Å². The van der Waals surface area contributed by atoms with Crippen molar-refractivity contribution in [3.63, 3.8) is 0 Å². The van der Waals surface area contributed by atoms with Crippen LogP contribution >= 0.6 is 23.3 Å². The zero-order valence-corrected chi connectivity index (χ0v) is 9.09. The maximum absolute atomic E-state index is 5.87. The topological polar surface area (TPSA) is 56.5 Å². The second-order valence-electron chi connectivity index (χ2n) is 2.75. The normalized spacial score (nSPS) is 10.7. The van der Waals surface area contributed by atoms with Crippen molar-refractivity contribution < 1.29 is 0 Å². The summed E-state index contributed by atoms with van der Waals surface area (Å²) < 4.78 is 9.78. The molecule has 0 radical (unpaired) electrons. The lowest BCUT2D eigenvalue weighted by Crippen LogP contribution is -2.01. The molecular formula is C7H8ClN5S. The second-order valence-corrected chi connectivity index (χ2v) is 3.63. The summed E-state index contributed by atoms with van der Waals surface area (Å²) in [6, 6.07) is 0. The predicted octanol–water partition coefficient (Wildman–Crippen LogP) is 1.86. The molecule has 0 bridgehead atoms. The minimum absolute atomic E-state index is 0.412. The van der Waals surface area contributed by atoms with Crippen molar-refractivity contribution >= 4 is 23.3 Å². The Bertz CT molecular complexity index is 423. The molecule has 7 heteroatoms. The molecule has 0 N–H and O–H groups in total. The third-order valence-corrected chi connectivity index (χ3v) is 2.64. The SMILES string of the molecule is CCCn1nncc1-c1nsnc1Cl. The van der Waals surface area contributed by atoms with Gasteiger partial charge in [0.15, 0.2) is 5.15 Å². The molecule has 0 unspecified atom stereocenters. The summed E-state index contributed by atoms with van der Waals surface area (Å²) in [6.45, 7) is 2.88. The van der Waals surface area contributed by atoms with Crippen LogP contribution < -0.4 is 0 Å².